The summed E-state index contributed by atoms with van der Waals surface area (Å²) < 4.78 is 0. The predicted molar refractivity (Wildman–Crippen MR) is 194 cm³/mol. The first-order chi connectivity index (χ1) is 22.7. The number of rotatable bonds is 6. The molecular formula is C46H37. The van der Waals surface area contributed by atoms with Gasteiger partial charge in [0.1, 0.15) is 0 Å². The van der Waals surface area contributed by atoms with E-state index in [2.05, 4.69) is 166 Å². The molecular weight excluding hydrogens is 553 g/mol. The molecule has 0 aromatic heterocycles. The molecule has 6 aromatic rings. The average Bonchev–Trinajstić information content (AvgIpc) is 3.65. The minimum Gasteiger partial charge on any atom is -0.0622 e. The molecule has 2 aliphatic carbocycles. The molecule has 0 nitrogen and oxygen atoms in total. The summed E-state index contributed by atoms with van der Waals surface area (Å²) in [7, 11) is 0. The number of allylic oxidation sites excluding steroid dienone is 1. The van der Waals surface area contributed by atoms with E-state index in [0.29, 0.717) is 0 Å². The fourth-order valence-electron chi connectivity index (χ4n) is 7.79. The molecule has 221 valence electrons. The summed E-state index contributed by atoms with van der Waals surface area (Å²) in [5.74, 6) is 0.155. The smallest absolute Gasteiger partial charge is 0.0315 e. The van der Waals surface area contributed by atoms with Gasteiger partial charge in [0.15, 0.2) is 0 Å². The van der Waals surface area contributed by atoms with E-state index in [1.54, 1.807) is 0 Å². The fraction of sp³-hybridized carbons (Fsp3) is 0.130. The van der Waals surface area contributed by atoms with E-state index in [0.717, 1.165) is 12.8 Å². The summed E-state index contributed by atoms with van der Waals surface area (Å²) in [4.78, 5) is 0. The summed E-state index contributed by atoms with van der Waals surface area (Å²) in [5, 5.41) is 2.59. The van der Waals surface area contributed by atoms with Crippen LogP contribution in [-0.2, 0) is 12.8 Å². The van der Waals surface area contributed by atoms with Gasteiger partial charge in [-0.05, 0) is 115 Å². The normalized spacial score (nSPS) is 14.2. The van der Waals surface area contributed by atoms with E-state index >= 15 is 0 Å². The van der Waals surface area contributed by atoms with Crippen molar-refractivity contribution in [2.75, 3.05) is 0 Å². The standard InChI is InChI=1S/C46H37/c1-4-31-24-25-38-35(27-31)28-42-41(38)29-43(45(33-18-11-7-12-19-33)34-20-13-8-14-21-34)36(5-2)46(42)44-30(3)26-40-37(22-15-23-39(40)44)32-16-9-6-10-17-32/h6-27,29,44H,4-5H2,1-3H3. The summed E-state index contributed by atoms with van der Waals surface area (Å²) in [6, 6.07) is 49.1. The molecule has 0 heterocycles. The molecule has 2 aliphatic rings. The molecule has 8 rings (SSSR count). The molecule has 1 radical (unpaired) electrons. The highest BCUT2D eigenvalue weighted by Crippen LogP contribution is 2.45. The van der Waals surface area contributed by atoms with Crippen molar-refractivity contribution in [3.63, 3.8) is 0 Å². The van der Waals surface area contributed by atoms with Gasteiger partial charge >= 0.3 is 0 Å². The second kappa shape index (κ2) is 11.6. The van der Waals surface area contributed by atoms with Crippen molar-refractivity contribution in [2.24, 2.45) is 0 Å². The Bertz CT molecular complexity index is 2210. The van der Waals surface area contributed by atoms with Crippen LogP contribution < -0.4 is 10.4 Å². The molecule has 0 aliphatic heterocycles. The maximum atomic E-state index is 3.98. The molecule has 0 fully saturated rings. The average molecular weight is 590 g/mol. The van der Waals surface area contributed by atoms with Crippen LogP contribution in [0.15, 0.2) is 139 Å². The van der Waals surface area contributed by atoms with Gasteiger partial charge in [-0.3, -0.25) is 0 Å². The van der Waals surface area contributed by atoms with Gasteiger partial charge in [0.05, 0.1) is 0 Å². The lowest BCUT2D eigenvalue weighted by molar-refractivity contribution is 0.923. The van der Waals surface area contributed by atoms with Gasteiger partial charge in [0, 0.05) is 5.92 Å². The van der Waals surface area contributed by atoms with Crippen LogP contribution in [0.4, 0.5) is 0 Å². The van der Waals surface area contributed by atoms with E-state index in [9.17, 15) is 0 Å². The quantitative estimate of drug-likeness (QED) is 0.181. The number of fused-ring (bicyclic) bond motifs is 4. The number of aryl methyl sites for hydroxylation is 1. The maximum absolute atomic E-state index is 3.98. The first kappa shape index (κ1) is 28.3. The first-order valence-corrected chi connectivity index (χ1v) is 16.6. The molecule has 0 saturated heterocycles. The van der Waals surface area contributed by atoms with Crippen molar-refractivity contribution in [2.45, 2.75) is 39.5 Å². The topological polar surface area (TPSA) is 0 Å². The van der Waals surface area contributed by atoms with E-state index in [-0.39, 0.29) is 5.92 Å². The zero-order valence-electron chi connectivity index (χ0n) is 26.8. The van der Waals surface area contributed by atoms with Crippen LogP contribution in [0.1, 0.15) is 71.2 Å². The van der Waals surface area contributed by atoms with Crippen LogP contribution in [0.3, 0.4) is 0 Å². The van der Waals surface area contributed by atoms with Crippen LogP contribution in [0.5, 0.6) is 0 Å². The molecule has 0 N–H and O–H groups in total. The Morgan fingerprint density at radius 2 is 1.30 bits per heavy atom. The van der Waals surface area contributed by atoms with Gasteiger partial charge in [-0.25, -0.2) is 0 Å². The maximum Gasteiger partial charge on any atom is 0.0315 e. The Balaban J connectivity index is 1.50. The minimum atomic E-state index is 0.155. The molecule has 0 bridgehead atoms. The van der Waals surface area contributed by atoms with Gasteiger partial charge < -0.3 is 0 Å². The van der Waals surface area contributed by atoms with Gasteiger partial charge in [-0.1, -0.05) is 153 Å². The van der Waals surface area contributed by atoms with Crippen LogP contribution in [0.25, 0.3) is 40.0 Å². The third-order valence-corrected chi connectivity index (χ3v) is 9.92. The molecule has 6 aromatic carbocycles. The van der Waals surface area contributed by atoms with Crippen molar-refractivity contribution >= 4 is 17.7 Å². The van der Waals surface area contributed by atoms with Crippen LogP contribution in [0, 0.1) is 0 Å². The Labute approximate surface area is 272 Å². The molecule has 0 heteroatoms. The van der Waals surface area contributed by atoms with Crippen LogP contribution in [-0.4, -0.2) is 0 Å². The van der Waals surface area contributed by atoms with E-state index in [4.69, 9.17) is 0 Å². The van der Waals surface area contributed by atoms with E-state index in [1.807, 2.05) is 0 Å². The molecule has 46 heavy (non-hydrogen) atoms. The highest BCUT2D eigenvalue weighted by atomic mass is 14.3. The van der Waals surface area contributed by atoms with Crippen molar-refractivity contribution < 1.29 is 0 Å². The van der Waals surface area contributed by atoms with Crippen molar-refractivity contribution in [1.82, 2.24) is 0 Å². The summed E-state index contributed by atoms with van der Waals surface area (Å²) in [6.07, 6.45) is 8.37. The van der Waals surface area contributed by atoms with Gasteiger partial charge in [-0.15, -0.1) is 0 Å². The van der Waals surface area contributed by atoms with Gasteiger partial charge in [0.25, 0.3) is 0 Å². The summed E-state index contributed by atoms with van der Waals surface area (Å²) in [5.41, 5.74) is 18.4. The van der Waals surface area contributed by atoms with Crippen molar-refractivity contribution in [3.8, 4) is 22.3 Å². The Morgan fingerprint density at radius 3 is 1.96 bits per heavy atom. The van der Waals surface area contributed by atoms with E-state index in [1.165, 1.54) is 88.3 Å². The van der Waals surface area contributed by atoms with Gasteiger partial charge in [-0.2, -0.15) is 0 Å². The van der Waals surface area contributed by atoms with E-state index < -0.39 is 0 Å². The second-order valence-electron chi connectivity index (χ2n) is 12.6. The molecule has 1 unspecified atom stereocenters. The SMILES string of the molecule is CCc1ccc2c(c1)[C]=c1c-2cc(=C(c2ccccc2)c2ccccc2)c(CC)c1C1C(C)=Cc2c(-c3ccccc3)cccc21. The highest BCUT2D eigenvalue weighted by Gasteiger charge is 2.31. The Hall–Kier alpha value is -5.20. The second-order valence-corrected chi connectivity index (χ2v) is 12.6. The molecule has 0 amide bonds. The molecule has 0 saturated carbocycles. The third-order valence-electron chi connectivity index (χ3n) is 9.92. The monoisotopic (exact) mass is 589 g/mol. The Morgan fingerprint density at radius 1 is 0.630 bits per heavy atom. The van der Waals surface area contributed by atoms with Crippen molar-refractivity contribution in [1.29, 1.82) is 0 Å². The van der Waals surface area contributed by atoms with Crippen molar-refractivity contribution in [3.05, 3.63) is 194 Å². The largest absolute Gasteiger partial charge is 0.0622 e. The summed E-state index contributed by atoms with van der Waals surface area (Å²) >= 11 is 0. The van der Waals surface area contributed by atoms with Crippen LogP contribution >= 0.6 is 0 Å². The summed E-state index contributed by atoms with van der Waals surface area (Å²) in [6.45, 7) is 6.89. The highest BCUT2D eigenvalue weighted by molar-refractivity contribution is 5.89. The molecule has 0 spiro atoms. The lowest BCUT2D eigenvalue weighted by Gasteiger charge is -2.23. The number of hydrogen-bond donors (Lipinski definition) is 0. The molecule has 1 atom stereocenters. The zero-order chi connectivity index (χ0) is 31.2. The zero-order valence-corrected chi connectivity index (χ0v) is 26.8. The minimum absolute atomic E-state index is 0.155. The first-order valence-electron chi connectivity index (χ1n) is 16.6. The number of benzene rings is 6. The predicted octanol–water partition coefficient (Wildman–Crippen LogP) is 9.96. The van der Waals surface area contributed by atoms with Crippen LogP contribution in [0.2, 0.25) is 0 Å². The lowest BCUT2D eigenvalue weighted by atomic mass is 9.80. The third kappa shape index (κ3) is 4.60. The fourth-order valence-corrected chi connectivity index (χ4v) is 7.79. The number of hydrogen-bond acceptors (Lipinski definition) is 0. The van der Waals surface area contributed by atoms with Gasteiger partial charge in [0.2, 0.25) is 0 Å². The Kier molecular flexibility index (Phi) is 7.15. The lowest BCUT2D eigenvalue weighted by Crippen LogP contribution is -2.27.